The van der Waals surface area contributed by atoms with E-state index in [1.165, 1.54) is 17.4 Å². The van der Waals surface area contributed by atoms with Crippen LogP contribution in [0.5, 0.6) is 0 Å². The fourth-order valence-electron chi connectivity index (χ4n) is 3.35. The molecule has 1 amide bonds. The normalized spacial score (nSPS) is 11.9. The predicted molar refractivity (Wildman–Crippen MR) is 132 cm³/mol. The number of carbonyl (C=O) groups excluding carboxylic acids is 1. The molecule has 1 aromatic carbocycles. The molecule has 8 nitrogen and oxygen atoms in total. The summed E-state index contributed by atoms with van der Waals surface area (Å²) in [6, 6.07) is 11.8. The Bertz CT molecular complexity index is 1320. The van der Waals surface area contributed by atoms with Crippen molar-refractivity contribution < 1.29 is 19.0 Å². The largest absolute Gasteiger partial charge is 0.396 e. The van der Waals surface area contributed by atoms with E-state index in [4.69, 9.17) is 10.5 Å². The lowest BCUT2D eigenvalue weighted by molar-refractivity contribution is 0.100. The van der Waals surface area contributed by atoms with Gasteiger partial charge in [0.1, 0.15) is 16.6 Å². The van der Waals surface area contributed by atoms with Gasteiger partial charge in [0.15, 0.2) is 0 Å². The van der Waals surface area contributed by atoms with Crippen LogP contribution in [0.15, 0.2) is 61.1 Å². The summed E-state index contributed by atoms with van der Waals surface area (Å²) < 4.78 is 20.5. The maximum Gasteiger partial charge on any atom is 0.251 e. The Kier molecular flexibility index (Phi) is 7.76. The molecule has 0 saturated carbocycles. The second kappa shape index (κ2) is 11.1. The van der Waals surface area contributed by atoms with Gasteiger partial charge in [-0.05, 0) is 29.8 Å². The molecule has 35 heavy (non-hydrogen) atoms. The van der Waals surface area contributed by atoms with Gasteiger partial charge in [0, 0.05) is 35.4 Å². The van der Waals surface area contributed by atoms with Gasteiger partial charge >= 0.3 is 0 Å². The second-order valence-electron chi connectivity index (χ2n) is 7.87. The standard InChI is InChI=1S/C25H24FN5O3S/c1-15(12-32)16-5-6-19(21(26)9-16)22-10-20(24(27)33)25(35-22)31-23-4-2-3-17(30-23)13-34-14-18-11-28-7-8-29-18/h2-11,15,32H,12-14H2,1H3,(H2,27,33)(H,30,31). The van der Waals surface area contributed by atoms with Gasteiger partial charge in [0.2, 0.25) is 0 Å². The molecule has 4 N–H and O–H groups in total. The number of amides is 1. The van der Waals surface area contributed by atoms with E-state index in [9.17, 15) is 14.3 Å². The van der Waals surface area contributed by atoms with Gasteiger partial charge in [-0.2, -0.15) is 0 Å². The molecule has 0 aliphatic heterocycles. The minimum Gasteiger partial charge on any atom is -0.396 e. The van der Waals surface area contributed by atoms with E-state index in [1.807, 2.05) is 19.1 Å². The minimum atomic E-state index is -0.635. The quantitative estimate of drug-likeness (QED) is 0.299. The first-order valence-electron chi connectivity index (χ1n) is 10.8. The highest BCUT2D eigenvalue weighted by Crippen LogP contribution is 2.38. The van der Waals surface area contributed by atoms with Crippen LogP contribution in [0.1, 0.15) is 40.2 Å². The lowest BCUT2D eigenvalue weighted by Crippen LogP contribution is -2.11. The van der Waals surface area contributed by atoms with Crippen LogP contribution in [0.25, 0.3) is 10.4 Å². The number of nitrogens with one attached hydrogen (secondary N) is 1. The van der Waals surface area contributed by atoms with E-state index < -0.39 is 11.7 Å². The number of pyridine rings is 1. The topological polar surface area (TPSA) is 123 Å². The van der Waals surface area contributed by atoms with Crippen LogP contribution >= 0.6 is 11.3 Å². The Balaban J connectivity index is 1.52. The van der Waals surface area contributed by atoms with Crippen molar-refractivity contribution in [1.29, 1.82) is 0 Å². The summed E-state index contributed by atoms with van der Waals surface area (Å²) >= 11 is 1.20. The lowest BCUT2D eigenvalue weighted by atomic mass is 9.99. The van der Waals surface area contributed by atoms with E-state index >= 15 is 0 Å². The maximum absolute atomic E-state index is 14.8. The fraction of sp³-hybridized carbons (Fsp3) is 0.200. The summed E-state index contributed by atoms with van der Waals surface area (Å²) in [7, 11) is 0. The van der Waals surface area contributed by atoms with Gasteiger partial charge in [-0.1, -0.05) is 25.1 Å². The summed E-state index contributed by atoms with van der Waals surface area (Å²) in [5, 5.41) is 12.9. The van der Waals surface area contributed by atoms with Crippen molar-refractivity contribution in [2.45, 2.75) is 26.1 Å². The summed E-state index contributed by atoms with van der Waals surface area (Å²) in [5.41, 5.74) is 8.26. The van der Waals surface area contributed by atoms with Crippen LogP contribution in [0.2, 0.25) is 0 Å². The van der Waals surface area contributed by atoms with Gasteiger partial charge in [-0.15, -0.1) is 11.3 Å². The van der Waals surface area contributed by atoms with Gasteiger partial charge in [0.05, 0.1) is 36.4 Å². The third-order valence-electron chi connectivity index (χ3n) is 5.26. The maximum atomic E-state index is 14.8. The highest BCUT2D eigenvalue weighted by molar-refractivity contribution is 7.19. The van der Waals surface area contributed by atoms with Gasteiger partial charge in [0.25, 0.3) is 5.91 Å². The number of aliphatic hydroxyl groups is 1. The van der Waals surface area contributed by atoms with E-state index in [0.717, 1.165) is 0 Å². The van der Waals surface area contributed by atoms with Crippen molar-refractivity contribution in [3.05, 3.63) is 89.4 Å². The molecule has 0 aliphatic rings. The van der Waals surface area contributed by atoms with E-state index in [2.05, 4.69) is 20.3 Å². The number of carbonyl (C=O) groups is 1. The van der Waals surface area contributed by atoms with Crippen molar-refractivity contribution in [3.8, 4) is 10.4 Å². The molecule has 0 bridgehead atoms. The summed E-state index contributed by atoms with van der Waals surface area (Å²) in [5.74, 6) is -0.756. The molecule has 3 aromatic heterocycles. The number of rotatable bonds is 10. The fourth-order valence-corrected chi connectivity index (χ4v) is 4.45. The van der Waals surface area contributed by atoms with Crippen LogP contribution in [0.3, 0.4) is 0 Å². The number of primary amides is 1. The monoisotopic (exact) mass is 493 g/mol. The molecule has 0 spiro atoms. The van der Waals surface area contributed by atoms with Crippen molar-refractivity contribution in [2.24, 2.45) is 5.73 Å². The number of halogens is 1. The summed E-state index contributed by atoms with van der Waals surface area (Å²) in [6.07, 6.45) is 4.83. The molecule has 3 heterocycles. The number of benzene rings is 1. The van der Waals surface area contributed by atoms with Crippen LogP contribution in [0, 0.1) is 5.82 Å². The molecule has 1 atom stereocenters. The average molecular weight is 494 g/mol. The van der Waals surface area contributed by atoms with Gasteiger partial charge < -0.3 is 20.9 Å². The van der Waals surface area contributed by atoms with E-state index in [1.54, 1.807) is 42.9 Å². The van der Waals surface area contributed by atoms with Gasteiger partial charge in [-0.25, -0.2) is 9.37 Å². The molecule has 0 radical (unpaired) electrons. The number of nitrogens with two attached hydrogens (primary N) is 1. The summed E-state index contributed by atoms with van der Waals surface area (Å²) in [6.45, 7) is 2.30. The Hall–Kier alpha value is -3.73. The van der Waals surface area contributed by atoms with E-state index in [0.29, 0.717) is 44.8 Å². The SMILES string of the molecule is CC(CO)c1ccc(-c2cc(C(N)=O)c(Nc3cccc(COCc4cnccn4)n3)s2)c(F)c1. The zero-order chi connectivity index (χ0) is 24.8. The Morgan fingerprint density at radius 2 is 2.03 bits per heavy atom. The molecule has 0 fully saturated rings. The molecule has 4 rings (SSSR count). The first kappa shape index (κ1) is 24.4. The number of thiophene rings is 1. The van der Waals surface area contributed by atoms with Crippen LogP contribution in [0.4, 0.5) is 15.2 Å². The highest BCUT2D eigenvalue weighted by Gasteiger charge is 2.18. The average Bonchev–Trinajstić information content (AvgIpc) is 3.28. The number of nitrogens with zero attached hydrogens (tertiary/aromatic N) is 3. The zero-order valence-electron chi connectivity index (χ0n) is 18.9. The third kappa shape index (κ3) is 6.04. The number of aromatic nitrogens is 3. The second-order valence-corrected chi connectivity index (χ2v) is 8.92. The first-order chi connectivity index (χ1) is 16.9. The first-order valence-corrected chi connectivity index (χ1v) is 11.7. The lowest BCUT2D eigenvalue weighted by Gasteiger charge is -2.10. The Morgan fingerprint density at radius 3 is 2.74 bits per heavy atom. The smallest absolute Gasteiger partial charge is 0.251 e. The van der Waals surface area contributed by atoms with Crippen molar-refractivity contribution >= 4 is 28.1 Å². The molecule has 10 heteroatoms. The molecule has 0 saturated heterocycles. The summed E-state index contributed by atoms with van der Waals surface area (Å²) in [4.78, 5) is 25.3. The number of aliphatic hydroxyl groups excluding tert-OH is 1. The zero-order valence-corrected chi connectivity index (χ0v) is 19.8. The third-order valence-corrected chi connectivity index (χ3v) is 6.35. The highest BCUT2D eigenvalue weighted by atomic mass is 32.1. The number of ether oxygens (including phenoxy) is 1. The molecule has 0 aliphatic carbocycles. The molecular weight excluding hydrogens is 469 g/mol. The van der Waals surface area contributed by atoms with Crippen LogP contribution in [-0.2, 0) is 18.0 Å². The number of hydrogen-bond donors (Lipinski definition) is 3. The molecule has 4 aromatic rings. The predicted octanol–water partition coefficient (Wildman–Crippen LogP) is 4.39. The molecular formula is C25H24FN5O3S. The van der Waals surface area contributed by atoms with Crippen LogP contribution in [-0.4, -0.2) is 32.6 Å². The molecule has 1 unspecified atom stereocenters. The van der Waals surface area contributed by atoms with Crippen molar-refractivity contribution in [2.75, 3.05) is 11.9 Å². The van der Waals surface area contributed by atoms with Crippen molar-refractivity contribution in [3.63, 3.8) is 0 Å². The Morgan fingerprint density at radius 1 is 1.20 bits per heavy atom. The van der Waals surface area contributed by atoms with Crippen LogP contribution < -0.4 is 11.1 Å². The van der Waals surface area contributed by atoms with Gasteiger partial charge in [-0.3, -0.25) is 14.8 Å². The number of hydrogen-bond acceptors (Lipinski definition) is 8. The number of anilines is 2. The van der Waals surface area contributed by atoms with E-state index in [-0.39, 0.29) is 24.7 Å². The Labute approximate surface area is 205 Å². The minimum absolute atomic E-state index is 0.0743. The molecule has 180 valence electrons. The van der Waals surface area contributed by atoms with Crippen molar-refractivity contribution in [1.82, 2.24) is 15.0 Å².